The van der Waals surface area contributed by atoms with Gasteiger partial charge in [0.25, 0.3) is 0 Å². The molecule has 1 fully saturated rings. The molecule has 1 amide bonds. The SMILES string of the molecule is Cc1cc([C@@H]2CN(C(=O)CCc3ccc(F)cc3)CCO2)nc(C)n1. The predicted molar refractivity (Wildman–Crippen MR) is 91.5 cm³/mol. The first-order valence-electron chi connectivity index (χ1n) is 8.47. The highest BCUT2D eigenvalue weighted by molar-refractivity contribution is 5.76. The molecule has 6 heteroatoms. The molecule has 132 valence electrons. The van der Waals surface area contributed by atoms with Crippen LogP contribution in [0.1, 0.15) is 35.3 Å². The maximum absolute atomic E-state index is 12.9. The Labute approximate surface area is 146 Å². The molecule has 5 nitrogen and oxygen atoms in total. The lowest BCUT2D eigenvalue weighted by Gasteiger charge is -2.33. The molecule has 0 unspecified atom stereocenters. The van der Waals surface area contributed by atoms with Crippen LogP contribution in [-0.4, -0.2) is 40.5 Å². The minimum Gasteiger partial charge on any atom is -0.368 e. The molecule has 3 rings (SSSR count). The van der Waals surface area contributed by atoms with Crippen LogP contribution in [0.2, 0.25) is 0 Å². The fourth-order valence-corrected chi connectivity index (χ4v) is 3.03. The Hall–Kier alpha value is -2.34. The van der Waals surface area contributed by atoms with E-state index in [1.165, 1.54) is 12.1 Å². The number of morpholine rings is 1. The molecule has 0 aliphatic carbocycles. The number of amides is 1. The van der Waals surface area contributed by atoms with Crippen molar-refractivity contribution in [2.24, 2.45) is 0 Å². The lowest BCUT2D eigenvalue weighted by Crippen LogP contribution is -2.42. The number of hydrogen-bond donors (Lipinski definition) is 0. The fourth-order valence-electron chi connectivity index (χ4n) is 3.03. The smallest absolute Gasteiger partial charge is 0.223 e. The Balaban J connectivity index is 1.60. The second-order valence-corrected chi connectivity index (χ2v) is 6.31. The van der Waals surface area contributed by atoms with E-state index in [4.69, 9.17) is 4.74 Å². The van der Waals surface area contributed by atoms with E-state index in [2.05, 4.69) is 9.97 Å². The topological polar surface area (TPSA) is 55.3 Å². The first kappa shape index (κ1) is 17.5. The van der Waals surface area contributed by atoms with Gasteiger partial charge in [0.05, 0.1) is 18.8 Å². The summed E-state index contributed by atoms with van der Waals surface area (Å²) in [5.74, 6) is 0.528. The van der Waals surface area contributed by atoms with Gasteiger partial charge in [-0.2, -0.15) is 0 Å². The summed E-state index contributed by atoms with van der Waals surface area (Å²) in [6, 6.07) is 8.19. The van der Waals surface area contributed by atoms with Crippen LogP contribution in [0, 0.1) is 19.7 Å². The number of hydrogen-bond acceptors (Lipinski definition) is 4. The molecule has 1 aromatic carbocycles. The largest absolute Gasteiger partial charge is 0.368 e. The molecule has 0 spiro atoms. The molecule has 2 heterocycles. The summed E-state index contributed by atoms with van der Waals surface area (Å²) >= 11 is 0. The third-order valence-corrected chi connectivity index (χ3v) is 4.28. The molecule has 1 aliphatic rings. The van der Waals surface area contributed by atoms with Crippen molar-refractivity contribution in [1.82, 2.24) is 14.9 Å². The van der Waals surface area contributed by atoms with Gasteiger partial charge >= 0.3 is 0 Å². The van der Waals surface area contributed by atoms with E-state index < -0.39 is 0 Å². The van der Waals surface area contributed by atoms with Crippen molar-refractivity contribution in [3.8, 4) is 0 Å². The average Bonchev–Trinajstić information content (AvgIpc) is 2.60. The van der Waals surface area contributed by atoms with Crippen molar-refractivity contribution < 1.29 is 13.9 Å². The van der Waals surface area contributed by atoms with E-state index in [1.807, 2.05) is 24.8 Å². The summed E-state index contributed by atoms with van der Waals surface area (Å²) in [6.45, 7) is 5.35. The zero-order valence-electron chi connectivity index (χ0n) is 14.5. The van der Waals surface area contributed by atoms with E-state index in [0.717, 1.165) is 17.0 Å². The summed E-state index contributed by atoms with van der Waals surface area (Å²) < 4.78 is 18.7. The van der Waals surface area contributed by atoms with Crippen molar-refractivity contribution in [1.29, 1.82) is 0 Å². The minimum atomic E-state index is -0.262. The van der Waals surface area contributed by atoms with Crippen LogP contribution in [0.3, 0.4) is 0 Å². The zero-order valence-corrected chi connectivity index (χ0v) is 14.5. The third-order valence-electron chi connectivity index (χ3n) is 4.28. The highest BCUT2D eigenvalue weighted by atomic mass is 19.1. The maximum atomic E-state index is 12.9. The van der Waals surface area contributed by atoms with Crippen molar-refractivity contribution in [2.75, 3.05) is 19.7 Å². The van der Waals surface area contributed by atoms with Crippen LogP contribution in [0.25, 0.3) is 0 Å². The number of rotatable bonds is 4. The van der Waals surface area contributed by atoms with Gasteiger partial charge in [0.15, 0.2) is 0 Å². The predicted octanol–water partition coefficient (Wildman–Crippen LogP) is 2.77. The van der Waals surface area contributed by atoms with Crippen molar-refractivity contribution in [3.05, 3.63) is 58.9 Å². The minimum absolute atomic E-state index is 0.0834. The number of aromatic nitrogens is 2. The van der Waals surface area contributed by atoms with Crippen LogP contribution in [0.15, 0.2) is 30.3 Å². The Morgan fingerprint density at radius 2 is 2.04 bits per heavy atom. The van der Waals surface area contributed by atoms with Gasteiger partial charge < -0.3 is 9.64 Å². The summed E-state index contributed by atoms with van der Waals surface area (Å²) in [6.07, 6.45) is 0.788. The normalized spacial score (nSPS) is 17.6. The van der Waals surface area contributed by atoms with Gasteiger partial charge in [-0.05, 0) is 44.0 Å². The Bertz CT molecular complexity index is 729. The van der Waals surface area contributed by atoms with Gasteiger partial charge in [0.2, 0.25) is 5.91 Å². The van der Waals surface area contributed by atoms with Crippen LogP contribution in [0.5, 0.6) is 0 Å². The van der Waals surface area contributed by atoms with Crippen molar-refractivity contribution in [2.45, 2.75) is 32.8 Å². The van der Waals surface area contributed by atoms with E-state index in [-0.39, 0.29) is 17.8 Å². The number of carbonyl (C=O) groups excluding carboxylic acids is 1. The summed E-state index contributed by atoms with van der Waals surface area (Å²) in [5.41, 5.74) is 2.67. The van der Waals surface area contributed by atoms with Crippen molar-refractivity contribution in [3.63, 3.8) is 0 Å². The van der Waals surface area contributed by atoms with Gasteiger partial charge in [0, 0.05) is 18.7 Å². The van der Waals surface area contributed by atoms with E-state index >= 15 is 0 Å². The number of ether oxygens (including phenoxy) is 1. The molecule has 0 radical (unpaired) electrons. The first-order chi connectivity index (χ1) is 12.0. The number of aryl methyl sites for hydroxylation is 3. The zero-order chi connectivity index (χ0) is 17.8. The number of halogens is 1. The van der Waals surface area contributed by atoms with Gasteiger partial charge in [-0.1, -0.05) is 12.1 Å². The maximum Gasteiger partial charge on any atom is 0.223 e. The number of carbonyl (C=O) groups is 1. The highest BCUT2D eigenvalue weighted by Crippen LogP contribution is 2.22. The summed E-state index contributed by atoms with van der Waals surface area (Å²) in [4.78, 5) is 23.1. The Morgan fingerprint density at radius 1 is 1.28 bits per heavy atom. The monoisotopic (exact) mass is 343 g/mol. The van der Waals surface area contributed by atoms with Gasteiger partial charge in [-0.25, -0.2) is 14.4 Å². The molecule has 1 aliphatic heterocycles. The molecule has 2 aromatic rings. The molecule has 1 saturated heterocycles. The Morgan fingerprint density at radius 3 is 2.76 bits per heavy atom. The first-order valence-corrected chi connectivity index (χ1v) is 8.47. The molecule has 1 atom stereocenters. The van der Waals surface area contributed by atoms with Crippen LogP contribution < -0.4 is 0 Å². The second-order valence-electron chi connectivity index (χ2n) is 6.31. The van der Waals surface area contributed by atoms with E-state index in [9.17, 15) is 9.18 Å². The van der Waals surface area contributed by atoms with Gasteiger partial charge in [-0.15, -0.1) is 0 Å². The van der Waals surface area contributed by atoms with Crippen molar-refractivity contribution >= 4 is 5.91 Å². The molecule has 1 aromatic heterocycles. The van der Waals surface area contributed by atoms with Gasteiger partial charge in [-0.3, -0.25) is 4.79 Å². The quantitative estimate of drug-likeness (QED) is 0.857. The van der Waals surface area contributed by atoms with Gasteiger partial charge in [0.1, 0.15) is 17.7 Å². The summed E-state index contributed by atoms with van der Waals surface area (Å²) in [7, 11) is 0. The number of nitrogens with zero attached hydrogens (tertiary/aromatic N) is 3. The molecular weight excluding hydrogens is 321 g/mol. The molecular formula is C19H22FN3O2. The fraction of sp³-hybridized carbons (Fsp3) is 0.421. The van der Waals surface area contributed by atoms with Crippen LogP contribution >= 0.6 is 0 Å². The summed E-state index contributed by atoms with van der Waals surface area (Å²) in [5, 5.41) is 0. The van der Waals surface area contributed by atoms with E-state index in [0.29, 0.717) is 38.4 Å². The van der Waals surface area contributed by atoms with Crippen LogP contribution in [-0.2, 0) is 16.0 Å². The standard InChI is InChI=1S/C19H22FN3O2/c1-13-11-17(22-14(2)21-13)18-12-23(9-10-25-18)19(24)8-5-15-3-6-16(20)7-4-15/h3-4,6-7,11,18H,5,8-10,12H2,1-2H3/t18-/m0/s1. The Kier molecular flexibility index (Phi) is 5.38. The number of benzene rings is 1. The van der Waals surface area contributed by atoms with E-state index in [1.54, 1.807) is 12.1 Å². The average molecular weight is 343 g/mol. The van der Waals surface area contributed by atoms with Crippen LogP contribution in [0.4, 0.5) is 4.39 Å². The molecule has 25 heavy (non-hydrogen) atoms. The highest BCUT2D eigenvalue weighted by Gasteiger charge is 2.26. The lowest BCUT2D eigenvalue weighted by atomic mass is 10.1. The lowest BCUT2D eigenvalue weighted by molar-refractivity contribution is -0.139. The third kappa shape index (κ3) is 4.60. The molecule has 0 saturated carbocycles. The molecule has 0 bridgehead atoms. The second kappa shape index (κ2) is 7.70. The molecule has 0 N–H and O–H groups in total.